The lowest BCUT2D eigenvalue weighted by Crippen LogP contribution is -1.96. The van der Waals surface area contributed by atoms with Crippen LogP contribution >= 0.6 is 0 Å². The summed E-state index contributed by atoms with van der Waals surface area (Å²) < 4.78 is 26.0. The maximum Gasteiger partial charge on any atom is 0.316 e. The van der Waals surface area contributed by atoms with E-state index in [-0.39, 0.29) is 11.8 Å². The van der Waals surface area contributed by atoms with Crippen molar-refractivity contribution >= 4 is 0 Å². The average Bonchev–Trinajstić information content (AvgIpc) is 3.22. The molecule has 0 atom stereocenters. The van der Waals surface area contributed by atoms with E-state index < -0.39 is 0 Å². The van der Waals surface area contributed by atoms with Gasteiger partial charge in [-0.2, -0.15) is 9.97 Å². The van der Waals surface area contributed by atoms with E-state index >= 15 is 0 Å². The van der Waals surface area contributed by atoms with E-state index in [2.05, 4.69) is 20.3 Å². The van der Waals surface area contributed by atoms with Gasteiger partial charge in [0.05, 0.1) is 21.3 Å². The highest BCUT2D eigenvalue weighted by Gasteiger charge is 2.19. The van der Waals surface area contributed by atoms with E-state index in [1.165, 1.54) is 21.3 Å². The number of benzene rings is 1. The number of aryl methyl sites for hydroxylation is 1. The molecule has 2 heterocycles. The second kappa shape index (κ2) is 5.95. The van der Waals surface area contributed by atoms with Gasteiger partial charge in [0.1, 0.15) is 0 Å². The Hall–Kier alpha value is -3.10. The van der Waals surface area contributed by atoms with Crippen LogP contribution in [0.15, 0.2) is 21.2 Å². The van der Waals surface area contributed by atoms with Gasteiger partial charge in [-0.1, -0.05) is 10.3 Å². The van der Waals surface area contributed by atoms with Gasteiger partial charge < -0.3 is 23.3 Å². The normalized spacial score (nSPS) is 10.6. The molecule has 9 nitrogen and oxygen atoms in total. The topological polar surface area (TPSA) is 106 Å². The third-order valence-electron chi connectivity index (χ3n) is 3.06. The molecule has 0 unspecified atom stereocenters. The van der Waals surface area contributed by atoms with Crippen LogP contribution in [0.2, 0.25) is 0 Å². The summed E-state index contributed by atoms with van der Waals surface area (Å²) in [5, 5.41) is 7.59. The summed E-state index contributed by atoms with van der Waals surface area (Å²) in [6.07, 6.45) is 0. The Bertz CT molecular complexity index is 801. The molecule has 0 saturated carbocycles. The SMILES string of the molecule is COc1cc(-c2noc(-c3nc(C)no3)n2)cc(OC)c1OC. The average molecular weight is 318 g/mol. The molecule has 3 rings (SSSR count). The van der Waals surface area contributed by atoms with Gasteiger partial charge in [-0.25, -0.2) is 0 Å². The third-order valence-corrected chi connectivity index (χ3v) is 3.06. The molecule has 2 aromatic heterocycles. The zero-order chi connectivity index (χ0) is 16.4. The molecular weight excluding hydrogens is 304 g/mol. The highest BCUT2D eigenvalue weighted by molar-refractivity contribution is 5.67. The van der Waals surface area contributed by atoms with E-state index in [1.807, 2.05) is 0 Å². The molecule has 0 saturated heterocycles. The second-order valence-electron chi connectivity index (χ2n) is 4.48. The number of aromatic nitrogens is 4. The maximum atomic E-state index is 5.30. The number of nitrogens with zero attached hydrogens (tertiary/aromatic N) is 4. The standard InChI is InChI=1S/C14H14N4O5/c1-7-15-13(22-17-7)14-16-12(18-23-14)8-5-9(19-2)11(21-4)10(6-8)20-3/h5-6H,1-4H3. The van der Waals surface area contributed by atoms with Crippen LogP contribution in [-0.2, 0) is 0 Å². The molecule has 3 aromatic rings. The highest BCUT2D eigenvalue weighted by atomic mass is 16.5. The molecular formula is C14H14N4O5. The minimum atomic E-state index is 0.134. The number of hydrogen-bond donors (Lipinski definition) is 0. The Morgan fingerprint density at radius 3 is 1.96 bits per heavy atom. The Labute approximate surface area is 131 Å². The number of hydrogen-bond acceptors (Lipinski definition) is 9. The van der Waals surface area contributed by atoms with Crippen molar-refractivity contribution in [2.45, 2.75) is 6.92 Å². The minimum absolute atomic E-state index is 0.134. The molecule has 1 aromatic carbocycles. The van der Waals surface area contributed by atoms with Crippen LogP contribution in [0, 0.1) is 6.92 Å². The van der Waals surface area contributed by atoms with Crippen molar-refractivity contribution in [1.82, 2.24) is 20.3 Å². The molecule has 0 aliphatic heterocycles. The van der Waals surface area contributed by atoms with E-state index in [0.29, 0.717) is 34.5 Å². The molecule has 0 spiro atoms. The van der Waals surface area contributed by atoms with Crippen LogP contribution in [-0.4, -0.2) is 41.6 Å². The van der Waals surface area contributed by atoms with Crippen molar-refractivity contribution in [3.8, 4) is 40.4 Å². The van der Waals surface area contributed by atoms with Gasteiger partial charge in [0.2, 0.25) is 11.6 Å². The summed E-state index contributed by atoms with van der Waals surface area (Å²) in [4.78, 5) is 8.28. The molecule has 0 N–H and O–H groups in total. The summed E-state index contributed by atoms with van der Waals surface area (Å²) in [5.41, 5.74) is 0.630. The second-order valence-corrected chi connectivity index (χ2v) is 4.48. The van der Waals surface area contributed by atoms with Gasteiger partial charge in [0.15, 0.2) is 17.3 Å². The molecule has 0 fully saturated rings. The van der Waals surface area contributed by atoms with Gasteiger partial charge in [0, 0.05) is 5.56 Å². The van der Waals surface area contributed by atoms with Gasteiger partial charge in [0.25, 0.3) is 0 Å². The van der Waals surface area contributed by atoms with Crippen LogP contribution in [0.5, 0.6) is 17.2 Å². The quantitative estimate of drug-likeness (QED) is 0.699. The number of rotatable bonds is 5. The van der Waals surface area contributed by atoms with Crippen molar-refractivity contribution in [3.63, 3.8) is 0 Å². The Morgan fingerprint density at radius 1 is 0.826 bits per heavy atom. The zero-order valence-electron chi connectivity index (χ0n) is 13.0. The van der Waals surface area contributed by atoms with Crippen LogP contribution in [0.1, 0.15) is 5.82 Å². The molecule has 0 aliphatic rings. The van der Waals surface area contributed by atoms with Crippen LogP contribution in [0.4, 0.5) is 0 Å². The van der Waals surface area contributed by atoms with Crippen molar-refractivity contribution in [2.75, 3.05) is 21.3 Å². The van der Waals surface area contributed by atoms with Crippen molar-refractivity contribution in [2.24, 2.45) is 0 Å². The predicted molar refractivity (Wildman–Crippen MR) is 77.4 cm³/mol. The van der Waals surface area contributed by atoms with Crippen LogP contribution in [0.25, 0.3) is 23.2 Å². The first-order valence-electron chi connectivity index (χ1n) is 6.61. The monoisotopic (exact) mass is 318 g/mol. The summed E-state index contributed by atoms with van der Waals surface area (Å²) >= 11 is 0. The molecule has 23 heavy (non-hydrogen) atoms. The largest absolute Gasteiger partial charge is 0.493 e. The molecule has 0 bridgehead atoms. The summed E-state index contributed by atoms with van der Waals surface area (Å²) in [6.45, 7) is 1.70. The first-order valence-corrected chi connectivity index (χ1v) is 6.61. The number of methoxy groups -OCH3 is 3. The third kappa shape index (κ3) is 2.68. The smallest absolute Gasteiger partial charge is 0.316 e. The maximum absolute atomic E-state index is 5.30. The number of ether oxygens (including phenoxy) is 3. The Morgan fingerprint density at radius 2 is 1.43 bits per heavy atom. The lowest BCUT2D eigenvalue weighted by molar-refractivity contribution is 0.324. The minimum Gasteiger partial charge on any atom is -0.493 e. The molecule has 9 heteroatoms. The van der Waals surface area contributed by atoms with Crippen molar-refractivity contribution in [3.05, 3.63) is 18.0 Å². The molecule has 0 radical (unpaired) electrons. The van der Waals surface area contributed by atoms with E-state index in [9.17, 15) is 0 Å². The predicted octanol–water partition coefficient (Wildman–Crippen LogP) is 2.12. The fourth-order valence-corrected chi connectivity index (χ4v) is 2.02. The Kier molecular flexibility index (Phi) is 3.83. The van der Waals surface area contributed by atoms with Crippen molar-refractivity contribution < 1.29 is 23.3 Å². The Balaban J connectivity index is 2.03. The van der Waals surface area contributed by atoms with Crippen LogP contribution < -0.4 is 14.2 Å². The lowest BCUT2D eigenvalue weighted by Gasteiger charge is -2.12. The zero-order valence-corrected chi connectivity index (χ0v) is 13.0. The van der Waals surface area contributed by atoms with E-state index in [0.717, 1.165) is 0 Å². The van der Waals surface area contributed by atoms with E-state index in [4.69, 9.17) is 23.3 Å². The lowest BCUT2D eigenvalue weighted by atomic mass is 10.1. The highest BCUT2D eigenvalue weighted by Crippen LogP contribution is 2.40. The van der Waals surface area contributed by atoms with Crippen molar-refractivity contribution in [1.29, 1.82) is 0 Å². The van der Waals surface area contributed by atoms with Gasteiger partial charge in [-0.15, -0.1) is 0 Å². The first kappa shape index (κ1) is 14.8. The fraction of sp³-hybridized carbons (Fsp3) is 0.286. The van der Waals surface area contributed by atoms with Gasteiger partial charge >= 0.3 is 11.8 Å². The summed E-state index contributed by atoms with van der Waals surface area (Å²) in [5.74, 6) is 2.56. The van der Waals surface area contributed by atoms with Crippen LogP contribution in [0.3, 0.4) is 0 Å². The van der Waals surface area contributed by atoms with Gasteiger partial charge in [-0.3, -0.25) is 0 Å². The molecule has 0 aliphatic carbocycles. The summed E-state index contributed by atoms with van der Waals surface area (Å²) in [7, 11) is 4.60. The molecule has 0 amide bonds. The fourth-order valence-electron chi connectivity index (χ4n) is 2.02. The van der Waals surface area contributed by atoms with Gasteiger partial charge in [-0.05, 0) is 19.1 Å². The van der Waals surface area contributed by atoms with E-state index in [1.54, 1.807) is 19.1 Å². The summed E-state index contributed by atoms with van der Waals surface area (Å²) in [6, 6.07) is 3.43. The molecule has 120 valence electrons. The first-order chi connectivity index (χ1) is 11.2.